The predicted octanol–water partition coefficient (Wildman–Crippen LogP) is 2.05. The molecule has 1 aromatic carbocycles. The number of benzene rings is 1. The van der Waals surface area contributed by atoms with Gasteiger partial charge in [-0.3, -0.25) is 9.59 Å². The first-order valence-electron chi connectivity index (χ1n) is 8.13. The standard InChI is InChI=1S/C16H21N3O6S/c1-3-4-11(9-25-19(22)23)17-15(20)13-14(26-16(21)18-13)10-5-7-12(24-2)8-6-10/h5-8,11,13-14H,3-4,9H2,1-2H3,(H,17,20)(H,18,21)/t11-,13-,14?/m0/s1. The SMILES string of the molecule is CCC[C@@H](CO[N+](=O)[O-])NC(=O)[C@H]1NC(=O)SC1c1ccc(OC)cc1. The van der Waals surface area contributed by atoms with Crippen molar-refractivity contribution in [2.24, 2.45) is 0 Å². The van der Waals surface area contributed by atoms with E-state index in [-0.39, 0.29) is 11.8 Å². The molecule has 0 aliphatic carbocycles. The van der Waals surface area contributed by atoms with Gasteiger partial charge in [0.2, 0.25) is 5.91 Å². The van der Waals surface area contributed by atoms with Crippen molar-refractivity contribution in [2.75, 3.05) is 13.7 Å². The monoisotopic (exact) mass is 383 g/mol. The highest BCUT2D eigenvalue weighted by Crippen LogP contribution is 2.38. The summed E-state index contributed by atoms with van der Waals surface area (Å²) in [7, 11) is 1.56. The van der Waals surface area contributed by atoms with Crippen LogP contribution in [0.25, 0.3) is 0 Å². The molecule has 1 fully saturated rings. The topological polar surface area (TPSA) is 120 Å². The number of carbonyl (C=O) groups excluding carboxylic acids is 2. The summed E-state index contributed by atoms with van der Waals surface area (Å²) in [4.78, 5) is 39.2. The lowest BCUT2D eigenvalue weighted by Gasteiger charge is -2.22. The third-order valence-corrected chi connectivity index (χ3v) is 5.03. The number of rotatable bonds is 9. The minimum atomic E-state index is -0.887. The van der Waals surface area contributed by atoms with Crippen LogP contribution in [0.1, 0.15) is 30.6 Å². The summed E-state index contributed by atoms with van der Waals surface area (Å²) in [5, 5.41) is 14.2. The number of amides is 2. The lowest BCUT2D eigenvalue weighted by atomic mass is 10.0. The van der Waals surface area contributed by atoms with E-state index in [0.717, 1.165) is 23.7 Å². The Bertz CT molecular complexity index is 654. The molecule has 0 aromatic heterocycles. The fourth-order valence-electron chi connectivity index (χ4n) is 2.66. The van der Waals surface area contributed by atoms with Crippen LogP contribution in [0.2, 0.25) is 0 Å². The van der Waals surface area contributed by atoms with Crippen LogP contribution in [-0.4, -0.2) is 42.0 Å². The molecule has 2 amide bonds. The predicted molar refractivity (Wildman–Crippen MR) is 95.4 cm³/mol. The first-order chi connectivity index (χ1) is 12.4. The summed E-state index contributed by atoms with van der Waals surface area (Å²) in [5.74, 6) is 0.284. The van der Waals surface area contributed by atoms with Gasteiger partial charge in [-0.1, -0.05) is 37.2 Å². The highest BCUT2D eigenvalue weighted by Gasteiger charge is 2.39. The number of methoxy groups -OCH3 is 1. The first kappa shape index (κ1) is 19.8. The molecule has 1 aromatic rings. The Kier molecular flexibility index (Phi) is 7.07. The van der Waals surface area contributed by atoms with Crippen molar-refractivity contribution in [1.82, 2.24) is 10.6 Å². The summed E-state index contributed by atoms with van der Waals surface area (Å²) >= 11 is 1.04. The van der Waals surface area contributed by atoms with Gasteiger partial charge in [0.05, 0.1) is 18.4 Å². The summed E-state index contributed by atoms with van der Waals surface area (Å²) in [5.41, 5.74) is 0.808. The van der Waals surface area contributed by atoms with E-state index in [9.17, 15) is 19.7 Å². The molecule has 10 heteroatoms. The fraction of sp³-hybridized carbons (Fsp3) is 0.500. The average molecular weight is 383 g/mol. The van der Waals surface area contributed by atoms with E-state index < -0.39 is 28.3 Å². The van der Waals surface area contributed by atoms with Crippen LogP contribution in [0.4, 0.5) is 4.79 Å². The van der Waals surface area contributed by atoms with Crippen LogP contribution in [0, 0.1) is 10.1 Å². The van der Waals surface area contributed by atoms with Crippen molar-refractivity contribution in [3.63, 3.8) is 0 Å². The summed E-state index contributed by atoms with van der Waals surface area (Å²) in [6, 6.07) is 5.86. The smallest absolute Gasteiger partial charge is 0.294 e. The van der Waals surface area contributed by atoms with Crippen LogP contribution >= 0.6 is 11.8 Å². The van der Waals surface area contributed by atoms with Gasteiger partial charge in [0, 0.05) is 0 Å². The van der Waals surface area contributed by atoms with Gasteiger partial charge >= 0.3 is 0 Å². The molecule has 2 N–H and O–H groups in total. The molecule has 26 heavy (non-hydrogen) atoms. The molecule has 0 saturated carbocycles. The van der Waals surface area contributed by atoms with E-state index in [0.29, 0.717) is 12.2 Å². The maximum absolute atomic E-state index is 12.6. The third-order valence-electron chi connectivity index (χ3n) is 3.90. The van der Waals surface area contributed by atoms with Gasteiger partial charge in [0.1, 0.15) is 18.4 Å². The minimum Gasteiger partial charge on any atom is -0.497 e. The van der Waals surface area contributed by atoms with Crippen molar-refractivity contribution >= 4 is 22.9 Å². The Morgan fingerprint density at radius 2 is 2.12 bits per heavy atom. The zero-order chi connectivity index (χ0) is 19.1. The number of hydrogen-bond donors (Lipinski definition) is 2. The van der Waals surface area contributed by atoms with E-state index in [1.165, 1.54) is 0 Å². The molecule has 1 saturated heterocycles. The van der Waals surface area contributed by atoms with E-state index in [2.05, 4.69) is 15.5 Å². The molecular formula is C16H21N3O6S. The molecule has 3 atom stereocenters. The minimum absolute atomic E-state index is 0.229. The molecule has 1 heterocycles. The number of ether oxygens (including phenoxy) is 1. The van der Waals surface area contributed by atoms with Crippen molar-refractivity contribution in [1.29, 1.82) is 0 Å². The molecule has 0 bridgehead atoms. The molecule has 1 aliphatic rings. The highest BCUT2D eigenvalue weighted by molar-refractivity contribution is 8.14. The molecular weight excluding hydrogens is 362 g/mol. The molecule has 2 rings (SSSR count). The van der Waals surface area contributed by atoms with E-state index in [1.54, 1.807) is 31.4 Å². The number of nitrogens with one attached hydrogen (secondary N) is 2. The van der Waals surface area contributed by atoms with Crippen molar-refractivity contribution in [2.45, 2.75) is 37.1 Å². The largest absolute Gasteiger partial charge is 0.497 e. The molecule has 142 valence electrons. The first-order valence-corrected chi connectivity index (χ1v) is 9.01. The van der Waals surface area contributed by atoms with Gasteiger partial charge in [-0.25, -0.2) is 0 Å². The molecule has 0 spiro atoms. The fourth-order valence-corrected chi connectivity index (χ4v) is 3.71. The molecule has 0 radical (unpaired) electrons. The lowest BCUT2D eigenvalue weighted by molar-refractivity contribution is -0.758. The Labute approximate surface area is 154 Å². The van der Waals surface area contributed by atoms with Gasteiger partial charge in [0.25, 0.3) is 10.3 Å². The number of carbonyl (C=O) groups is 2. The van der Waals surface area contributed by atoms with Crippen LogP contribution in [0.5, 0.6) is 5.75 Å². The van der Waals surface area contributed by atoms with Crippen molar-refractivity contribution < 1.29 is 24.3 Å². The maximum Gasteiger partial charge on any atom is 0.294 e. The van der Waals surface area contributed by atoms with Crippen molar-refractivity contribution in [3.8, 4) is 5.75 Å². The lowest BCUT2D eigenvalue weighted by Crippen LogP contribution is -2.49. The normalized spacial score (nSPS) is 20.2. The van der Waals surface area contributed by atoms with Crippen LogP contribution < -0.4 is 15.4 Å². The quantitative estimate of drug-likeness (QED) is 0.495. The van der Waals surface area contributed by atoms with Crippen LogP contribution in [0.15, 0.2) is 24.3 Å². The highest BCUT2D eigenvalue weighted by atomic mass is 32.2. The third kappa shape index (κ3) is 5.25. The van der Waals surface area contributed by atoms with Gasteiger partial charge in [0.15, 0.2) is 0 Å². The Morgan fingerprint density at radius 3 is 2.69 bits per heavy atom. The average Bonchev–Trinajstić information content (AvgIpc) is 3.02. The number of thioether (sulfide) groups is 1. The Balaban J connectivity index is 2.08. The van der Waals surface area contributed by atoms with Gasteiger partial charge in [-0.15, -0.1) is 10.1 Å². The van der Waals surface area contributed by atoms with Crippen LogP contribution in [-0.2, 0) is 9.63 Å². The summed E-state index contributed by atoms with van der Waals surface area (Å²) < 4.78 is 5.12. The maximum atomic E-state index is 12.6. The summed E-state index contributed by atoms with van der Waals surface area (Å²) in [6.07, 6.45) is 1.25. The van der Waals surface area contributed by atoms with E-state index in [4.69, 9.17) is 4.74 Å². The molecule has 1 aliphatic heterocycles. The van der Waals surface area contributed by atoms with Gasteiger partial charge in [-0.05, 0) is 24.1 Å². The second-order valence-electron chi connectivity index (χ2n) is 5.73. The van der Waals surface area contributed by atoms with Gasteiger partial charge in [-0.2, -0.15) is 0 Å². The molecule has 1 unspecified atom stereocenters. The summed E-state index contributed by atoms with van der Waals surface area (Å²) in [6.45, 7) is 1.67. The van der Waals surface area contributed by atoms with Crippen LogP contribution in [0.3, 0.4) is 0 Å². The number of nitrogens with zero attached hydrogens (tertiary/aromatic N) is 1. The molecule has 9 nitrogen and oxygen atoms in total. The van der Waals surface area contributed by atoms with E-state index in [1.807, 2.05) is 6.92 Å². The zero-order valence-electron chi connectivity index (χ0n) is 14.5. The Morgan fingerprint density at radius 1 is 1.42 bits per heavy atom. The van der Waals surface area contributed by atoms with Crippen molar-refractivity contribution in [3.05, 3.63) is 39.9 Å². The second kappa shape index (κ2) is 9.27. The number of hydrogen-bond acceptors (Lipinski definition) is 7. The Hall–Kier alpha value is -2.49. The van der Waals surface area contributed by atoms with Gasteiger partial charge < -0.3 is 20.2 Å². The second-order valence-corrected chi connectivity index (χ2v) is 6.85. The van der Waals surface area contributed by atoms with E-state index >= 15 is 0 Å². The zero-order valence-corrected chi connectivity index (χ0v) is 15.3.